The van der Waals surface area contributed by atoms with Crippen LogP contribution in [0.25, 0.3) is 0 Å². The molecule has 2 rings (SSSR count). The van der Waals surface area contributed by atoms with Crippen LogP contribution >= 0.6 is 0 Å². The van der Waals surface area contributed by atoms with Crippen LogP contribution in [-0.2, 0) is 28.7 Å². The molecular weight excluding hydrogens is 432 g/mol. The van der Waals surface area contributed by atoms with Crippen LogP contribution in [-0.4, -0.2) is 23.9 Å². The van der Waals surface area contributed by atoms with E-state index in [0.717, 1.165) is 38.5 Å². The predicted molar refractivity (Wildman–Crippen MR) is 131 cm³/mol. The van der Waals surface area contributed by atoms with Crippen LogP contribution in [0.4, 0.5) is 0 Å². The Bertz CT molecular complexity index is 601. The Kier molecular flexibility index (Phi) is 13.5. The topological polar surface area (TPSA) is 86.7 Å². The second-order valence-electron chi connectivity index (χ2n) is 10.5. The minimum atomic E-state index is -0.356. The number of unbranched alkanes of at least 4 members (excludes halogenated alkanes) is 15. The molecule has 2 heterocycles. The Morgan fingerprint density at radius 1 is 0.412 bits per heavy atom. The number of esters is 4. The first-order valence-electron chi connectivity index (χ1n) is 13.9. The summed E-state index contributed by atoms with van der Waals surface area (Å²) in [6.07, 6.45) is 21.4. The number of carbonyl (C=O) groups excluding carboxylic acids is 4. The van der Waals surface area contributed by atoms with Gasteiger partial charge in [0, 0.05) is 0 Å². The quantitative estimate of drug-likeness (QED) is 0.117. The van der Waals surface area contributed by atoms with Crippen molar-refractivity contribution in [2.45, 2.75) is 129 Å². The van der Waals surface area contributed by atoms with Crippen molar-refractivity contribution in [2.24, 2.45) is 23.7 Å². The maximum absolute atomic E-state index is 11.6. The first-order valence-corrected chi connectivity index (χ1v) is 13.9. The molecule has 194 valence electrons. The first kappa shape index (κ1) is 28.5. The van der Waals surface area contributed by atoms with Crippen molar-refractivity contribution in [3.63, 3.8) is 0 Å². The van der Waals surface area contributed by atoms with Gasteiger partial charge < -0.3 is 9.47 Å². The summed E-state index contributed by atoms with van der Waals surface area (Å²) in [7, 11) is 0. The maximum atomic E-state index is 11.6. The van der Waals surface area contributed by atoms with Crippen molar-refractivity contribution < 1.29 is 28.7 Å². The SMILES string of the molecule is CC1C(=O)OC(=O)C1CCCCCCCCCCCCCCCCCCC1C(=O)OC(=O)C1C. The molecule has 0 radical (unpaired) electrons. The summed E-state index contributed by atoms with van der Waals surface area (Å²) < 4.78 is 9.39. The monoisotopic (exact) mass is 478 g/mol. The number of hydrogen-bond donors (Lipinski definition) is 0. The number of carbonyl (C=O) groups is 4. The molecule has 0 aromatic rings. The lowest BCUT2D eigenvalue weighted by Gasteiger charge is -2.08. The van der Waals surface area contributed by atoms with Gasteiger partial charge in [0.1, 0.15) is 0 Å². The standard InChI is InChI=1S/C28H46O6/c1-21-23(27(31)33-25(21)29)19-17-15-13-11-9-7-5-3-4-6-8-10-12-14-16-18-20-24-22(2)26(30)34-28(24)32/h21-24H,3-20H2,1-2H3. The summed E-state index contributed by atoms with van der Waals surface area (Å²) in [6, 6.07) is 0. The highest BCUT2D eigenvalue weighted by molar-refractivity contribution is 5.96. The Morgan fingerprint density at radius 2 is 0.647 bits per heavy atom. The summed E-state index contributed by atoms with van der Waals surface area (Å²) in [5.74, 6) is -2.31. The Morgan fingerprint density at radius 3 is 0.853 bits per heavy atom. The number of ether oxygens (including phenoxy) is 2. The summed E-state index contributed by atoms with van der Waals surface area (Å²) in [5.41, 5.74) is 0. The fraction of sp³-hybridized carbons (Fsp3) is 0.857. The molecule has 6 heteroatoms. The van der Waals surface area contributed by atoms with E-state index in [1.807, 2.05) is 0 Å². The molecule has 0 aromatic heterocycles. The Balaban J connectivity index is 1.27. The Hall–Kier alpha value is -1.72. The molecule has 0 bridgehead atoms. The molecule has 2 aliphatic rings. The van der Waals surface area contributed by atoms with E-state index in [1.165, 1.54) is 77.0 Å². The highest BCUT2D eigenvalue weighted by Gasteiger charge is 2.41. The van der Waals surface area contributed by atoms with E-state index in [2.05, 4.69) is 0 Å². The zero-order valence-corrected chi connectivity index (χ0v) is 21.5. The molecule has 2 saturated heterocycles. The maximum Gasteiger partial charge on any atom is 0.317 e. The zero-order valence-electron chi connectivity index (χ0n) is 21.5. The lowest BCUT2D eigenvalue weighted by molar-refractivity contribution is -0.155. The van der Waals surface area contributed by atoms with E-state index < -0.39 is 0 Å². The van der Waals surface area contributed by atoms with E-state index in [4.69, 9.17) is 9.47 Å². The zero-order chi connectivity index (χ0) is 24.8. The smallest absolute Gasteiger partial charge is 0.317 e. The van der Waals surface area contributed by atoms with Crippen LogP contribution < -0.4 is 0 Å². The highest BCUT2D eigenvalue weighted by Crippen LogP contribution is 2.29. The molecule has 0 aromatic carbocycles. The minimum absolute atomic E-state index is 0.214. The van der Waals surface area contributed by atoms with E-state index in [9.17, 15) is 19.2 Å². The molecule has 0 saturated carbocycles. The van der Waals surface area contributed by atoms with Gasteiger partial charge in [-0.25, -0.2) is 0 Å². The molecule has 4 unspecified atom stereocenters. The van der Waals surface area contributed by atoms with E-state index in [-0.39, 0.29) is 47.5 Å². The lowest BCUT2D eigenvalue weighted by atomic mass is 9.91. The van der Waals surface area contributed by atoms with Crippen molar-refractivity contribution in [1.29, 1.82) is 0 Å². The van der Waals surface area contributed by atoms with Crippen LogP contribution in [0.1, 0.15) is 129 Å². The van der Waals surface area contributed by atoms with Crippen molar-refractivity contribution >= 4 is 23.9 Å². The van der Waals surface area contributed by atoms with Gasteiger partial charge in [0.05, 0.1) is 23.7 Å². The van der Waals surface area contributed by atoms with Crippen LogP contribution in [0.15, 0.2) is 0 Å². The largest absolute Gasteiger partial charge is 0.393 e. The van der Waals surface area contributed by atoms with Gasteiger partial charge in [-0.3, -0.25) is 19.2 Å². The first-order chi connectivity index (χ1) is 16.4. The molecular formula is C28H46O6. The molecule has 2 aliphatic heterocycles. The van der Waals surface area contributed by atoms with Crippen molar-refractivity contribution in [1.82, 2.24) is 0 Å². The van der Waals surface area contributed by atoms with Crippen LogP contribution in [0, 0.1) is 23.7 Å². The minimum Gasteiger partial charge on any atom is -0.393 e. The number of cyclic esters (lactones) is 4. The normalized spacial score (nSPS) is 24.6. The fourth-order valence-corrected chi connectivity index (χ4v) is 5.21. The van der Waals surface area contributed by atoms with Crippen molar-refractivity contribution in [3.8, 4) is 0 Å². The number of hydrogen-bond acceptors (Lipinski definition) is 6. The van der Waals surface area contributed by atoms with Gasteiger partial charge >= 0.3 is 23.9 Å². The summed E-state index contributed by atoms with van der Waals surface area (Å²) in [6.45, 7) is 3.59. The molecule has 2 fully saturated rings. The van der Waals surface area contributed by atoms with Crippen molar-refractivity contribution in [2.75, 3.05) is 0 Å². The third-order valence-corrected chi connectivity index (χ3v) is 7.74. The highest BCUT2D eigenvalue weighted by atomic mass is 16.6. The van der Waals surface area contributed by atoms with E-state index in [1.54, 1.807) is 13.8 Å². The van der Waals surface area contributed by atoms with Crippen LogP contribution in [0.5, 0.6) is 0 Å². The summed E-state index contributed by atoms with van der Waals surface area (Å²) in [5, 5.41) is 0. The molecule has 0 aliphatic carbocycles. The average Bonchev–Trinajstić information content (AvgIpc) is 3.19. The third-order valence-electron chi connectivity index (χ3n) is 7.74. The molecule has 34 heavy (non-hydrogen) atoms. The molecule has 0 spiro atoms. The lowest BCUT2D eigenvalue weighted by Crippen LogP contribution is -2.14. The van der Waals surface area contributed by atoms with Crippen molar-refractivity contribution in [3.05, 3.63) is 0 Å². The van der Waals surface area contributed by atoms with E-state index in [0.29, 0.717) is 0 Å². The molecule has 0 N–H and O–H groups in total. The van der Waals surface area contributed by atoms with Gasteiger partial charge in [0.25, 0.3) is 0 Å². The fourth-order valence-electron chi connectivity index (χ4n) is 5.21. The predicted octanol–water partition coefficient (Wildman–Crippen LogP) is 6.68. The number of rotatable bonds is 19. The molecule has 6 nitrogen and oxygen atoms in total. The third kappa shape index (κ3) is 9.87. The Labute approximate surface area is 205 Å². The molecule has 4 atom stereocenters. The summed E-state index contributed by atoms with van der Waals surface area (Å²) >= 11 is 0. The van der Waals surface area contributed by atoms with Gasteiger partial charge in [-0.05, 0) is 12.8 Å². The van der Waals surface area contributed by atoms with Gasteiger partial charge in [-0.2, -0.15) is 0 Å². The molecule has 0 amide bonds. The second-order valence-corrected chi connectivity index (χ2v) is 10.5. The van der Waals surface area contributed by atoms with Gasteiger partial charge in [0.15, 0.2) is 0 Å². The van der Waals surface area contributed by atoms with Gasteiger partial charge in [-0.15, -0.1) is 0 Å². The van der Waals surface area contributed by atoms with Gasteiger partial charge in [-0.1, -0.05) is 117 Å². The van der Waals surface area contributed by atoms with E-state index >= 15 is 0 Å². The van der Waals surface area contributed by atoms with Gasteiger partial charge in [0.2, 0.25) is 0 Å². The summed E-state index contributed by atoms with van der Waals surface area (Å²) in [4.78, 5) is 46.0. The van der Waals surface area contributed by atoms with Crippen LogP contribution in [0.3, 0.4) is 0 Å². The second kappa shape index (κ2) is 16.0. The van der Waals surface area contributed by atoms with Crippen LogP contribution in [0.2, 0.25) is 0 Å². The average molecular weight is 479 g/mol.